The number of hydrogen-bond donors (Lipinski definition) is 1. The van der Waals surface area contributed by atoms with Crippen LogP contribution >= 0.6 is 22.9 Å². The molecule has 1 fully saturated rings. The molecule has 0 radical (unpaired) electrons. The van der Waals surface area contributed by atoms with Crippen molar-refractivity contribution < 1.29 is 22.3 Å². The van der Waals surface area contributed by atoms with Gasteiger partial charge in [-0.05, 0) is 35.7 Å². The third kappa shape index (κ3) is 5.40. The number of thiophene rings is 1. The van der Waals surface area contributed by atoms with Crippen molar-refractivity contribution in [3.8, 4) is 0 Å². The summed E-state index contributed by atoms with van der Waals surface area (Å²) in [6.07, 6.45) is 0. The summed E-state index contributed by atoms with van der Waals surface area (Å²) < 4.78 is 48.5. The van der Waals surface area contributed by atoms with E-state index in [0.717, 1.165) is 21.4 Å². The van der Waals surface area contributed by atoms with Crippen LogP contribution in [0.3, 0.4) is 0 Å². The molecule has 0 aliphatic carbocycles. The van der Waals surface area contributed by atoms with E-state index in [9.17, 15) is 17.6 Å². The third-order valence-electron chi connectivity index (χ3n) is 6.06. The normalized spacial score (nSPS) is 14.8. The maximum Gasteiger partial charge on any atom is 0.256 e. The monoisotopic (exact) mass is 552 g/mol. The number of likely N-dealkylation sites (N-methyl/N-ethyl adjacent to an activating group) is 1. The van der Waals surface area contributed by atoms with Gasteiger partial charge in [0.2, 0.25) is 0 Å². The Morgan fingerprint density at radius 1 is 1.17 bits per heavy atom. The SMILES string of the molecule is COCCN(C)C(=N)c1ccc(C(=O)N2CCN(S(=O)(=O)c3cc4ccc(Cl)cc4s3)CC2)c(F)c1. The fourth-order valence-corrected chi connectivity index (χ4v) is 7.18. The first kappa shape index (κ1) is 26.5. The molecule has 0 bridgehead atoms. The largest absolute Gasteiger partial charge is 0.383 e. The lowest BCUT2D eigenvalue weighted by atomic mass is 10.1. The lowest BCUT2D eigenvalue weighted by Gasteiger charge is -2.33. The lowest BCUT2D eigenvalue weighted by molar-refractivity contribution is 0.0693. The number of amides is 1. The van der Waals surface area contributed by atoms with Crippen molar-refractivity contribution in [3.05, 3.63) is 64.4 Å². The summed E-state index contributed by atoms with van der Waals surface area (Å²) in [6, 6.07) is 10.9. The van der Waals surface area contributed by atoms with Gasteiger partial charge in [-0.25, -0.2) is 12.8 Å². The first-order valence-electron chi connectivity index (χ1n) is 11.2. The minimum absolute atomic E-state index is 0.108. The molecule has 1 saturated heterocycles. The smallest absolute Gasteiger partial charge is 0.256 e. The molecule has 0 atom stereocenters. The van der Waals surface area contributed by atoms with E-state index in [-0.39, 0.29) is 41.8 Å². The number of methoxy groups -OCH3 is 1. The molecule has 192 valence electrons. The highest BCUT2D eigenvalue weighted by atomic mass is 35.5. The number of ether oxygens (including phenoxy) is 1. The number of carbonyl (C=O) groups excluding carboxylic acids is 1. The van der Waals surface area contributed by atoms with E-state index in [0.29, 0.717) is 23.7 Å². The van der Waals surface area contributed by atoms with Gasteiger partial charge in [0.25, 0.3) is 15.9 Å². The molecule has 1 aliphatic heterocycles. The molecule has 1 amide bonds. The average Bonchev–Trinajstić information content (AvgIpc) is 3.30. The predicted molar refractivity (Wildman–Crippen MR) is 139 cm³/mol. The minimum atomic E-state index is -3.73. The number of nitrogens with one attached hydrogen (secondary N) is 1. The van der Waals surface area contributed by atoms with Crippen molar-refractivity contribution >= 4 is 54.8 Å². The number of hydrogen-bond acceptors (Lipinski definition) is 6. The number of rotatable bonds is 7. The summed E-state index contributed by atoms with van der Waals surface area (Å²) in [7, 11) is -0.458. The Bertz CT molecular complexity index is 1400. The highest BCUT2D eigenvalue weighted by molar-refractivity contribution is 7.91. The second-order valence-corrected chi connectivity index (χ2v) is 12.1. The maximum absolute atomic E-state index is 14.8. The van der Waals surface area contributed by atoms with Gasteiger partial charge in [0.15, 0.2) is 0 Å². The van der Waals surface area contributed by atoms with Crippen LogP contribution in [0.1, 0.15) is 15.9 Å². The van der Waals surface area contributed by atoms with Gasteiger partial charge in [0.05, 0.1) is 12.2 Å². The lowest BCUT2D eigenvalue weighted by Crippen LogP contribution is -2.50. The molecule has 2 aromatic carbocycles. The molecule has 1 N–H and O–H groups in total. The second kappa shape index (κ2) is 10.8. The van der Waals surface area contributed by atoms with E-state index < -0.39 is 21.7 Å². The summed E-state index contributed by atoms with van der Waals surface area (Å²) in [6.45, 7) is 1.41. The number of amidine groups is 1. The molecule has 8 nitrogen and oxygen atoms in total. The Balaban J connectivity index is 1.42. The first-order chi connectivity index (χ1) is 17.1. The highest BCUT2D eigenvalue weighted by Gasteiger charge is 2.32. The number of fused-ring (bicyclic) bond motifs is 1. The molecule has 2 heterocycles. The molecule has 0 spiro atoms. The van der Waals surface area contributed by atoms with Crippen LogP contribution in [0.4, 0.5) is 4.39 Å². The molecule has 0 unspecified atom stereocenters. The molecule has 0 saturated carbocycles. The van der Waals surface area contributed by atoms with Gasteiger partial charge >= 0.3 is 0 Å². The molecule has 3 aromatic rings. The zero-order valence-electron chi connectivity index (χ0n) is 19.8. The van der Waals surface area contributed by atoms with Gasteiger partial charge < -0.3 is 14.5 Å². The predicted octanol–water partition coefficient (Wildman–Crippen LogP) is 3.74. The summed E-state index contributed by atoms with van der Waals surface area (Å²) >= 11 is 7.18. The average molecular weight is 553 g/mol. The summed E-state index contributed by atoms with van der Waals surface area (Å²) in [5.74, 6) is -1.11. The second-order valence-electron chi connectivity index (χ2n) is 8.40. The van der Waals surface area contributed by atoms with Gasteiger partial charge in [-0.2, -0.15) is 4.31 Å². The van der Waals surface area contributed by atoms with Crippen molar-refractivity contribution in [3.63, 3.8) is 0 Å². The molecule has 4 rings (SSSR count). The fraction of sp³-hybridized carbons (Fsp3) is 0.333. The Labute approximate surface area is 218 Å². The number of carbonyl (C=O) groups is 1. The van der Waals surface area contributed by atoms with Crippen molar-refractivity contribution in [2.75, 3.05) is 53.5 Å². The topological polar surface area (TPSA) is 94.0 Å². The molecule has 12 heteroatoms. The molecular formula is C24H26ClFN4O4S2. The van der Waals surface area contributed by atoms with E-state index in [2.05, 4.69) is 0 Å². The number of halogens is 2. The quantitative estimate of drug-likeness (QED) is 0.356. The number of benzene rings is 2. The Kier molecular flexibility index (Phi) is 7.96. The number of nitrogens with zero attached hydrogens (tertiary/aromatic N) is 3. The number of sulfonamides is 1. The van der Waals surface area contributed by atoms with E-state index >= 15 is 0 Å². The van der Waals surface area contributed by atoms with Crippen molar-refractivity contribution in [2.24, 2.45) is 0 Å². The molecular weight excluding hydrogens is 527 g/mol. The van der Waals surface area contributed by atoms with Crippen LogP contribution in [-0.2, 0) is 14.8 Å². The molecule has 36 heavy (non-hydrogen) atoms. The van der Waals surface area contributed by atoms with Crippen LogP contribution < -0.4 is 0 Å². The van der Waals surface area contributed by atoms with Crippen LogP contribution in [0.5, 0.6) is 0 Å². The van der Waals surface area contributed by atoms with Gasteiger partial charge in [0, 0.05) is 62.2 Å². The van der Waals surface area contributed by atoms with Crippen LogP contribution in [0.25, 0.3) is 10.1 Å². The first-order valence-corrected chi connectivity index (χ1v) is 13.8. The van der Waals surface area contributed by atoms with E-state index in [1.165, 1.54) is 27.4 Å². The van der Waals surface area contributed by atoms with E-state index in [1.807, 2.05) is 0 Å². The van der Waals surface area contributed by atoms with Crippen molar-refractivity contribution in [2.45, 2.75) is 4.21 Å². The summed E-state index contributed by atoms with van der Waals surface area (Å²) in [5, 5.41) is 9.56. The summed E-state index contributed by atoms with van der Waals surface area (Å²) in [5.41, 5.74) is 0.243. The van der Waals surface area contributed by atoms with Crippen LogP contribution in [0.15, 0.2) is 46.7 Å². The van der Waals surface area contributed by atoms with Crippen LogP contribution in [-0.4, -0.2) is 87.8 Å². The van der Waals surface area contributed by atoms with E-state index in [1.54, 1.807) is 43.3 Å². The van der Waals surface area contributed by atoms with Gasteiger partial charge in [-0.15, -0.1) is 11.3 Å². The maximum atomic E-state index is 14.8. The van der Waals surface area contributed by atoms with Gasteiger partial charge in [0.1, 0.15) is 15.9 Å². The van der Waals surface area contributed by atoms with Gasteiger partial charge in [-0.3, -0.25) is 10.2 Å². The van der Waals surface area contributed by atoms with Crippen LogP contribution in [0.2, 0.25) is 5.02 Å². The molecule has 1 aliphatic rings. The van der Waals surface area contributed by atoms with E-state index in [4.69, 9.17) is 21.7 Å². The van der Waals surface area contributed by atoms with Crippen LogP contribution in [0, 0.1) is 11.2 Å². The minimum Gasteiger partial charge on any atom is -0.383 e. The Morgan fingerprint density at radius 2 is 1.89 bits per heavy atom. The fourth-order valence-electron chi connectivity index (χ4n) is 3.93. The standard InChI is InChI=1S/C24H26ClFN4O4S2/c1-28(11-12-34-2)23(27)17-4-6-19(20(26)13-17)24(31)29-7-9-30(10-8-29)36(32,33)22-14-16-3-5-18(25)15-21(16)35-22/h3-6,13-15,27H,7-12H2,1-2H3. The zero-order chi connectivity index (χ0) is 26.0. The van der Waals surface area contributed by atoms with Crippen molar-refractivity contribution in [1.82, 2.24) is 14.1 Å². The Morgan fingerprint density at radius 3 is 2.56 bits per heavy atom. The highest BCUT2D eigenvalue weighted by Crippen LogP contribution is 2.33. The van der Waals surface area contributed by atoms with Gasteiger partial charge in [-0.1, -0.05) is 23.7 Å². The zero-order valence-corrected chi connectivity index (χ0v) is 22.2. The number of piperazine rings is 1. The third-order valence-corrected chi connectivity index (χ3v) is 9.75. The summed E-state index contributed by atoms with van der Waals surface area (Å²) in [4.78, 5) is 16.1. The molecule has 1 aromatic heterocycles. The Hall–Kier alpha value is -2.57. The van der Waals surface area contributed by atoms with Crippen molar-refractivity contribution in [1.29, 1.82) is 5.41 Å².